The summed E-state index contributed by atoms with van der Waals surface area (Å²) in [4.78, 5) is 13.6. The zero-order valence-electron chi connectivity index (χ0n) is 17.1. The normalized spacial score (nSPS) is 16.9. The van der Waals surface area contributed by atoms with Gasteiger partial charge in [-0.3, -0.25) is 9.36 Å². The number of nitrogens with zero attached hydrogens (tertiary/aromatic N) is 4. The van der Waals surface area contributed by atoms with Gasteiger partial charge >= 0.3 is 0 Å². The molecule has 0 bridgehead atoms. The average molecular weight is 418 g/mol. The number of aromatic nitrogens is 3. The molecule has 1 aromatic carbocycles. The summed E-state index contributed by atoms with van der Waals surface area (Å²) >= 11 is 1.25. The number of quaternary nitrogens is 1. The van der Waals surface area contributed by atoms with E-state index in [0.717, 1.165) is 24.4 Å². The molecule has 1 fully saturated rings. The molecule has 2 aromatic rings. The minimum absolute atomic E-state index is 0.0486. The molecule has 0 radical (unpaired) electrons. The topological polar surface area (TPSA) is 88.0 Å². The van der Waals surface area contributed by atoms with Gasteiger partial charge in [0, 0.05) is 5.69 Å². The largest absolute Gasteiger partial charge is 0.337 e. The Kier molecular flexibility index (Phi) is 6.24. The summed E-state index contributed by atoms with van der Waals surface area (Å²) in [6.45, 7) is 3.81. The van der Waals surface area contributed by atoms with Gasteiger partial charge in [0.15, 0.2) is 11.0 Å². The van der Waals surface area contributed by atoms with E-state index in [0.29, 0.717) is 5.16 Å². The molecule has 9 heteroatoms. The van der Waals surface area contributed by atoms with Crippen LogP contribution in [-0.2, 0) is 4.79 Å². The number of halogens is 1. The molecule has 0 aliphatic heterocycles. The number of benzene rings is 1. The van der Waals surface area contributed by atoms with Crippen LogP contribution in [0.2, 0.25) is 0 Å². The van der Waals surface area contributed by atoms with Crippen molar-refractivity contribution in [1.82, 2.24) is 20.1 Å². The van der Waals surface area contributed by atoms with Crippen LogP contribution in [-0.4, -0.2) is 46.1 Å². The molecule has 154 valence electrons. The monoisotopic (exact) mass is 417 g/mol. The van der Waals surface area contributed by atoms with Crippen molar-refractivity contribution in [2.75, 3.05) is 19.8 Å². The molecule has 1 heterocycles. The molecule has 3 rings (SSSR count). The first kappa shape index (κ1) is 21.3. The number of hydrogen-bond acceptors (Lipinski definition) is 5. The third-order valence-electron chi connectivity index (χ3n) is 5.35. The lowest BCUT2D eigenvalue weighted by Gasteiger charge is -2.22. The second-order valence-corrected chi connectivity index (χ2v) is 8.82. The van der Waals surface area contributed by atoms with Gasteiger partial charge in [0.05, 0.1) is 25.9 Å². The van der Waals surface area contributed by atoms with Crippen molar-refractivity contribution in [3.63, 3.8) is 0 Å². The molecular formula is C20H26FN6OS+. The van der Waals surface area contributed by atoms with Crippen LogP contribution in [0.15, 0.2) is 29.4 Å². The summed E-state index contributed by atoms with van der Waals surface area (Å²) in [5.41, 5.74) is -0.0850. The van der Waals surface area contributed by atoms with E-state index in [1.807, 2.05) is 25.6 Å². The molecule has 1 aliphatic rings. The number of amides is 1. The number of thioether (sulfide) groups is 1. The summed E-state index contributed by atoms with van der Waals surface area (Å²) in [5, 5.41) is 21.5. The highest BCUT2D eigenvalue weighted by molar-refractivity contribution is 7.99. The Morgan fingerprint density at radius 2 is 2.07 bits per heavy atom. The van der Waals surface area contributed by atoms with E-state index in [9.17, 15) is 14.4 Å². The van der Waals surface area contributed by atoms with Gasteiger partial charge in [-0.1, -0.05) is 11.8 Å². The molecule has 7 nitrogen and oxygen atoms in total. The Hall–Kier alpha value is -2.44. The van der Waals surface area contributed by atoms with Crippen molar-refractivity contribution in [2.24, 2.45) is 5.92 Å². The fraction of sp³-hybridized carbons (Fsp3) is 0.500. The van der Waals surface area contributed by atoms with Gasteiger partial charge in [0.2, 0.25) is 5.91 Å². The van der Waals surface area contributed by atoms with Crippen LogP contribution in [0.25, 0.3) is 5.69 Å². The van der Waals surface area contributed by atoms with Gasteiger partial charge in [-0.25, -0.2) is 4.39 Å². The summed E-state index contributed by atoms with van der Waals surface area (Å²) in [5.74, 6) is 0.540. The van der Waals surface area contributed by atoms with E-state index < -0.39 is 5.54 Å². The van der Waals surface area contributed by atoms with Crippen molar-refractivity contribution in [2.45, 2.75) is 43.4 Å². The van der Waals surface area contributed by atoms with Crippen LogP contribution in [0.4, 0.5) is 4.39 Å². The lowest BCUT2D eigenvalue weighted by Crippen LogP contribution is -3.05. The number of nitriles is 1. The smallest absolute Gasteiger partial charge is 0.231 e. The Balaban J connectivity index is 1.81. The first-order chi connectivity index (χ1) is 13.7. The molecule has 1 amide bonds. The van der Waals surface area contributed by atoms with Gasteiger partial charge < -0.3 is 10.2 Å². The van der Waals surface area contributed by atoms with Crippen molar-refractivity contribution in [1.29, 1.82) is 5.26 Å². The second-order valence-electron chi connectivity index (χ2n) is 7.88. The maximum atomic E-state index is 13.4. The molecule has 1 aliphatic carbocycles. The summed E-state index contributed by atoms with van der Waals surface area (Å²) in [6.07, 6.45) is 1.93. The standard InChI is InChI=1S/C20H25FN6OS/c1-13(26(3)4)18-24-25-19(27(18)16-9-7-15(21)8-10-16)29-11-17(28)23-20(2,12-22)14-5-6-14/h7-10,13-14H,5-6,11H2,1-4H3,(H,23,28)/p+1/t13-,20+/m1/s1. The highest BCUT2D eigenvalue weighted by Gasteiger charge is 2.43. The van der Waals surface area contributed by atoms with Crippen LogP contribution in [0, 0.1) is 23.1 Å². The molecule has 1 saturated carbocycles. The first-order valence-electron chi connectivity index (χ1n) is 9.61. The van der Waals surface area contributed by atoms with Crippen LogP contribution < -0.4 is 10.2 Å². The number of carbonyl (C=O) groups is 1. The minimum atomic E-state index is -0.823. The van der Waals surface area contributed by atoms with Crippen molar-refractivity contribution < 1.29 is 14.1 Å². The van der Waals surface area contributed by atoms with Gasteiger partial charge in [-0.15, -0.1) is 10.2 Å². The minimum Gasteiger partial charge on any atom is -0.337 e. The lowest BCUT2D eigenvalue weighted by atomic mass is 9.98. The fourth-order valence-electron chi connectivity index (χ4n) is 3.08. The lowest BCUT2D eigenvalue weighted by molar-refractivity contribution is -0.890. The van der Waals surface area contributed by atoms with Gasteiger partial charge in [-0.05, 0) is 56.9 Å². The van der Waals surface area contributed by atoms with Crippen molar-refractivity contribution in [3.8, 4) is 11.8 Å². The van der Waals surface area contributed by atoms with Gasteiger partial charge in [-0.2, -0.15) is 5.26 Å². The van der Waals surface area contributed by atoms with E-state index in [4.69, 9.17) is 0 Å². The molecule has 2 N–H and O–H groups in total. The highest BCUT2D eigenvalue weighted by atomic mass is 32.2. The zero-order chi connectivity index (χ0) is 21.2. The Morgan fingerprint density at radius 3 is 2.62 bits per heavy atom. The number of hydrogen-bond donors (Lipinski definition) is 2. The van der Waals surface area contributed by atoms with Crippen molar-refractivity contribution >= 4 is 17.7 Å². The highest BCUT2D eigenvalue weighted by Crippen LogP contribution is 2.39. The third kappa shape index (κ3) is 4.77. The molecule has 0 spiro atoms. The Bertz CT molecular complexity index is 918. The van der Waals surface area contributed by atoms with E-state index >= 15 is 0 Å². The van der Waals surface area contributed by atoms with Crippen LogP contribution in [0.3, 0.4) is 0 Å². The van der Waals surface area contributed by atoms with Gasteiger partial charge in [0.25, 0.3) is 0 Å². The quantitative estimate of drug-likeness (QED) is 0.636. The van der Waals surface area contributed by atoms with Crippen LogP contribution >= 0.6 is 11.8 Å². The van der Waals surface area contributed by atoms with Crippen LogP contribution in [0.5, 0.6) is 0 Å². The molecule has 1 aromatic heterocycles. The summed E-state index contributed by atoms with van der Waals surface area (Å²) in [7, 11) is 4.05. The molecular weight excluding hydrogens is 391 g/mol. The number of carbonyl (C=O) groups excluding carboxylic acids is 1. The number of nitrogens with one attached hydrogen (secondary N) is 2. The molecule has 29 heavy (non-hydrogen) atoms. The van der Waals surface area contributed by atoms with E-state index in [2.05, 4.69) is 21.6 Å². The van der Waals surface area contributed by atoms with Gasteiger partial charge in [0.1, 0.15) is 17.4 Å². The number of rotatable bonds is 8. The third-order valence-corrected chi connectivity index (χ3v) is 6.28. The van der Waals surface area contributed by atoms with E-state index in [1.54, 1.807) is 19.1 Å². The van der Waals surface area contributed by atoms with E-state index in [-0.39, 0.29) is 29.4 Å². The SMILES string of the molecule is C[C@H](c1nnc(SCC(=O)N[C@@](C)(C#N)C2CC2)n1-c1ccc(F)cc1)[NH+](C)C. The second kappa shape index (κ2) is 8.51. The average Bonchev–Trinajstić information content (AvgIpc) is 3.47. The Labute approximate surface area is 174 Å². The molecule has 2 atom stereocenters. The zero-order valence-corrected chi connectivity index (χ0v) is 17.9. The fourth-order valence-corrected chi connectivity index (χ4v) is 3.84. The predicted octanol–water partition coefficient (Wildman–Crippen LogP) is 1.51. The van der Waals surface area contributed by atoms with Crippen molar-refractivity contribution in [3.05, 3.63) is 35.9 Å². The van der Waals surface area contributed by atoms with Crippen LogP contribution in [0.1, 0.15) is 38.6 Å². The van der Waals surface area contributed by atoms with E-state index in [1.165, 1.54) is 28.8 Å². The summed E-state index contributed by atoms with van der Waals surface area (Å²) in [6, 6.07) is 8.40. The summed E-state index contributed by atoms with van der Waals surface area (Å²) < 4.78 is 15.3. The molecule has 0 saturated heterocycles. The maximum absolute atomic E-state index is 13.4. The Morgan fingerprint density at radius 1 is 1.41 bits per heavy atom. The first-order valence-corrected chi connectivity index (χ1v) is 10.6. The predicted molar refractivity (Wildman–Crippen MR) is 108 cm³/mol. The molecule has 0 unspecified atom stereocenters. The maximum Gasteiger partial charge on any atom is 0.231 e.